The number of hydrogen-bond donors (Lipinski definition) is 0. The molecule has 6 nitrogen and oxygen atoms in total. The molecule has 0 unspecified atom stereocenters. The van der Waals surface area contributed by atoms with E-state index in [9.17, 15) is 4.79 Å². The number of carbonyl (C=O) groups excluding carboxylic acids is 1. The molecular formula is C16H30N4O2. The average molecular weight is 310 g/mol. The summed E-state index contributed by atoms with van der Waals surface area (Å²) in [5.41, 5.74) is -0.449. The first kappa shape index (κ1) is 18.5. The molecule has 0 radical (unpaired) electrons. The van der Waals surface area contributed by atoms with Crippen LogP contribution in [0.25, 0.3) is 0 Å². The van der Waals surface area contributed by atoms with E-state index in [0.717, 1.165) is 32.5 Å². The van der Waals surface area contributed by atoms with Gasteiger partial charge in [-0.2, -0.15) is 5.10 Å². The molecule has 0 N–H and O–H groups in total. The summed E-state index contributed by atoms with van der Waals surface area (Å²) in [6, 6.07) is 0.384. The van der Waals surface area contributed by atoms with Crippen molar-refractivity contribution in [2.75, 3.05) is 33.2 Å². The summed E-state index contributed by atoms with van der Waals surface area (Å²) in [6.45, 7) is 16.5. The molecule has 1 heterocycles. The van der Waals surface area contributed by atoms with Gasteiger partial charge in [-0.25, -0.2) is 4.79 Å². The van der Waals surface area contributed by atoms with E-state index in [1.807, 2.05) is 25.8 Å². The van der Waals surface area contributed by atoms with Crippen LogP contribution in [-0.2, 0) is 4.74 Å². The fourth-order valence-electron chi connectivity index (χ4n) is 2.45. The highest BCUT2D eigenvalue weighted by molar-refractivity contribution is 5.67. The summed E-state index contributed by atoms with van der Waals surface area (Å²) in [4.78, 5) is 15.9. The highest BCUT2D eigenvalue weighted by Gasteiger charge is 2.24. The third kappa shape index (κ3) is 6.05. The number of amides is 1. The number of hydrogen-bond acceptors (Lipinski definition) is 5. The van der Waals surface area contributed by atoms with E-state index in [1.54, 1.807) is 18.1 Å². The zero-order valence-corrected chi connectivity index (χ0v) is 14.4. The van der Waals surface area contributed by atoms with Gasteiger partial charge in [0.1, 0.15) is 5.60 Å². The lowest BCUT2D eigenvalue weighted by Crippen LogP contribution is -2.44. The van der Waals surface area contributed by atoms with Crippen molar-refractivity contribution in [1.82, 2.24) is 14.8 Å². The topological polar surface area (TPSA) is 48.4 Å². The standard InChI is InChI=1S/C16H30N4O2/c1-7-20(17-5)14-8-10-19(11-9-14)13-12-18(6)15(21)22-16(2,3)4/h7,14H,1,5,8-13H2,2-4,6H3. The number of likely N-dealkylation sites (tertiary alicyclic amines) is 1. The van der Waals surface area contributed by atoms with Crippen molar-refractivity contribution in [2.24, 2.45) is 5.10 Å². The van der Waals surface area contributed by atoms with Gasteiger partial charge in [0.05, 0.1) is 6.04 Å². The molecule has 1 amide bonds. The number of likely N-dealkylation sites (N-methyl/N-ethyl adjacent to an activating group) is 1. The molecule has 0 saturated carbocycles. The van der Waals surface area contributed by atoms with Gasteiger partial charge in [0.15, 0.2) is 0 Å². The van der Waals surface area contributed by atoms with Gasteiger partial charge in [-0.15, -0.1) is 0 Å². The quantitative estimate of drug-likeness (QED) is 0.558. The van der Waals surface area contributed by atoms with Crippen molar-refractivity contribution in [3.05, 3.63) is 12.8 Å². The summed E-state index contributed by atoms with van der Waals surface area (Å²) in [5, 5.41) is 5.80. The monoisotopic (exact) mass is 310 g/mol. The minimum atomic E-state index is -0.449. The Kier molecular flexibility index (Phi) is 6.87. The maximum atomic E-state index is 11.9. The first-order valence-corrected chi connectivity index (χ1v) is 7.81. The summed E-state index contributed by atoms with van der Waals surface area (Å²) < 4.78 is 5.35. The van der Waals surface area contributed by atoms with E-state index >= 15 is 0 Å². The van der Waals surface area contributed by atoms with Crippen molar-refractivity contribution in [1.29, 1.82) is 0 Å². The molecule has 0 aromatic carbocycles. The fraction of sp³-hybridized carbons (Fsp3) is 0.750. The van der Waals surface area contributed by atoms with Gasteiger partial charge in [0.25, 0.3) is 0 Å². The Morgan fingerprint density at radius 1 is 1.41 bits per heavy atom. The number of ether oxygens (including phenoxy) is 1. The third-order valence-corrected chi connectivity index (χ3v) is 3.74. The van der Waals surface area contributed by atoms with Gasteiger partial charge in [0, 0.05) is 46.1 Å². The molecule has 0 bridgehead atoms. The Bertz CT molecular complexity index is 376. The van der Waals surface area contributed by atoms with Gasteiger partial charge in [-0.3, -0.25) is 5.01 Å². The molecule has 0 spiro atoms. The van der Waals surface area contributed by atoms with Crippen molar-refractivity contribution in [3.8, 4) is 0 Å². The number of piperidine rings is 1. The lowest BCUT2D eigenvalue weighted by atomic mass is 10.0. The lowest BCUT2D eigenvalue weighted by molar-refractivity contribution is 0.0274. The van der Waals surface area contributed by atoms with Gasteiger partial charge in [-0.1, -0.05) is 6.58 Å². The lowest BCUT2D eigenvalue weighted by Gasteiger charge is -2.36. The third-order valence-electron chi connectivity index (χ3n) is 3.74. The van der Waals surface area contributed by atoms with Gasteiger partial charge in [-0.05, 0) is 33.6 Å². The average Bonchev–Trinajstić information content (AvgIpc) is 2.45. The Hall–Kier alpha value is -1.56. The Morgan fingerprint density at radius 3 is 2.45 bits per heavy atom. The summed E-state index contributed by atoms with van der Waals surface area (Å²) in [7, 11) is 1.78. The molecule has 6 heteroatoms. The minimum Gasteiger partial charge on any atom is -0.444 e. The second-order valence-corrected chi connectivity index (χ2v) is 6.68. The van der Waals surface area contributed by atoms with Crippen LogP contribution in [0.5, 0.6) is 0 Å². The second-order valence-electron chi connectivity index (χ2n) is 6.68. The molecule has 22 heavy (non-hydrogen) atoms. The Morgan fingerprint density at radius 2 is 2.00 bits per heavy atom. The van der Waals surface area contributed by atoms with Crippen molar-refractivity contribution in [2.45, 2.75) is 45.3 Å². The molecule has 1 fully saturated rings. The van der Waals surface area contributed by atoms with E-state index in [2.05, 4.69) is 23.3 Å². The van der Waals surface area contributed by atoms with Gasteiger partial charge < -0.3 is 14.5 Å². The number of hydrazone groups is 1. The first-order valence-electron chi connectivity index (χ1n) is 7.81. The SMILES string of the molecule is C=CN(N=C)C1CCN(CCN(C)C(=O)OC(C)(C)C)CC1. The van der Waals surface area contributed by atoms with E-state index in [1.165, 1.54) is 0 Å². The highest BCUT2D eigenvalue weighted by atomic mass is 16.6. The van der Waals surface area contributed by atoms with E-state index < -0.39 is 5.60 Å². The molecule has 0 aliphatic carbocycles. The van der Waals surface area contributed by atoms with Crippen LogP contribution in [0.15, 0.2) is 17.9 Å². The highest BCUT2D eigenvalue weighted by Crippen LogP contribution is 2.17. The first-order chi connectivity index (χ1) is 10.3. The van der Waals surface area contributed by atoms with Crippen molar-refractivity contribution in [3.63, 3.8) is 0 Å². The smallest absolute Gasteiger partial charge is 0.410 e. The molecule has 0 aromatic heterocycles. The van der Waals surface area contributed by atoms with Crippen LogP contribution >= 0.6 is 0 Å². The van der Waals surface area contributed by atoms with Crippen molar-refractivity contribution < 1.29 is 9.53 Å². The molecule has 0 atom stereocenters. The van der Waals surface area contributed by atoms with Gasteiger partial charge in [0.2, 0.25) is 0 Å². The zero-order chi connectivity index (χ0) is 16.8. The maximum absolute atomic E-state index is 11.9. The zero-order valence-electron chi connectivity index (χ0n) is 14.4. The van der Waals surface area contributed by atoms with Crippen LogP contribution in [0, 0.1) is 0 Å². The molecule has 126 valence electrons. The fourth-order valence-corrected chi connectivity index (χ4v) is 2.45. The Balaban J connectivity index is 2.31. The molecule has 1 aliphatic rings. The molecular weight excluding hydrogens is 280 g/mol. The number of rotatable bonds is 6. The van der Waals surface area contributed by atoms with Crippen LogP contribution < -0.4 is 0 Å². The van der Waals surface area contributed by atoms with Crippen LogP contribution in [0.3, 0.4) is 0 Å². The largest absolute Gasteiger partial charge is 0.444 e. The van der Waals surface area contributed by atoms with Crippen LogP contribution in [0.1, 0.15) is 33.6 Å². The van der Waals surface area contributed by atoms with Crippen LogP contribution in [0.2, 0.25) is 0 Å². The number of carbonyl (C=O) groups is 1. The maximum Gasteiger partial charge on any atom is 0.410 e. The summed E-state index contributed by atoms with van der Waals surface area (Å²) in [6.07, 6.45) is 3.52. The predicted octanol–water partition coefficient (Wildman–Crippen LogP) is 2.38. The summed E-state index contributed by atoms with van der Waals surface area (Å²) in [5.74, 6) is 0. The van der Waals surface area contributed by atoms with E-state index in [4.69, 9.17) is 4.74 Å². The predicted molar refractivity (Wildman–Crippen MR) is 89.9 cm³/mol. The van der Waals surface area contributed by atoms with E-state index in [-0.39, 0.29) is 6.09 Å². The van der Waals surface area contributed by atoms with E-state index in [0.29, 0.717) is 12.6 Å². The molecule has 0 aromatic rings. The van der Waals surface area contributed by atoms with Crippen molar-refractivity contribution >= 4 is 12.8 Å². The Labute approximate surface area is 134 Å². The molecule has 1 aliphatic heterocycles. The van der Waals surface area contributed by atoms with Crippen LogP contribution in [-0.4, -0.2) is 72.5 Å². The molecule has 1 rings (SSSR count). The van der Waals surface area contributed by atoms with Gasteiger partial charge >= 0.3 is 6.09 Å². The minimum absolute atomic E-state index is 0.268. The summed E-state index contributed by atoms with van der Waals surface area (Å²) >= 11 is 0. The second kappa shape index (κ2) is 8.17. The normalized spacial score (nSPS) is 16.9. The molecule has 1 saturated heterocycles. The number of nitrogens with zero attached hydrogens (tertiary/aromatic N) is 4. The van der Waals surface area contributed by atoms with Crippen LogP contribution in [0.4, 0.5) is 4.79 Å².